The van der Waals surface area contributed by atoms with Crippen LogP contribution in [0.25, 0.3) is 0 Å². The van der Waals surface area contributed by atoms with Crippen molar-refractivity contribution in [3.8, 4) is 5.88 Å². The Balaban J connectivity index is 2.08. The summed E-state index contributed by atoms with van der Waals surface area (Å²) >= 11 is 0. The standard InChI is InChI=1S/C13H20N4O2/c1-3-19-12-7-11(15-9-16-12)17-6-4-5-10(8-17)13(18)14-2/h7,9-10H,3-6,8H2,1-2H3,(H,14,18). The summed E-state index contributed by atoms with van der Waals surface area (Å²) in [6, 6.07) is 1.83. The van der Waals surface area contributed by atoms with Gasteiger partial charge in [0.05, 0.1) is 12.5 Å². The summed E-state index contributed by atoms with van der Waals surface area (Å²) in [6.07, 6.45) is 3.43. The van der Waals surface area contributed by atoms with Gasteiger partial charge in [-0.3, -0.25) is 4.79 Å². The zero-order valence-corrected chi connectivity index (χ0v) is 11.4. The van der Waals surface area contributed by atoms with Gasteiger partial charge in [-0.1, -0.05) is 0 Å². The summed E-state index contributed by atoms with van der Waals surface area (Å²) in [4.78, 5) is 22.2. The number of amides is 1. The van der Waals surface area contributed by atoms with Gasteiger partial charge in [0, 0.05) is 26.2 Å². The average molecular weight is 264 g/mol. The molecule has 6 nitrogen and oxygen atoms in total. The molecule has 0 saturated carbocycles. The lowest BCUT2D eigenvalue weighted by atomic mass is 9.97. The van der Waals surface area contributed by atoms with E-state index in [0.29, 0.717) is 19.0 Å². The molecule has 1 atom stereocenters. The Morgan fingerprint density at radius 2 is 2.42 bits per heavy atom. The summed E-state index contributed by atoms with van der Waals surface area (Å²) < 4.78 is 5.38. The van der Waals surface area contributed by atoms with E-state index in [4.69, 9.17) is 4.74 Å². The van der Waals surface area contributed by atoms with Crippen molar-refractivity contribution in [3.05, 3.63) is 12.4 Å². The molecule has 1 unspecified atom stereocenters. The highest BCUT2D eigenvalue weighted by atomic mass is 16.5. The molecule has 1 aliphatic rings. The first kappa shape index (κ1) is 13.6. The van der Waals surface area contributed by atoms with Crippen LogP contribution in [-0.2, 0) is 4.79 Å². The largest absolute Gasteiger partial charge is 0.478 e. The fraction of sp³-hybridized carbons (Fsp3) is 0.615. The van der Waals surface area contributed by atoms with Gasteiger partial charge >= 0.3 is 0 Å². The molecule has 1 aromatic heterocycles. The molecule has 0 bridgehead atoms. The van der Waals surface area contributed by atoms with Gasteiger partial charge in [0.25, 0.3) is 0 Å². The number of piperidine rings is 1. The number of anilines is 1. The van der Waals surface area contributed by atoms with Crippen LogP contribution in [0.4, 0.5) is 5.82 Å². The van der Waals surface area contributed by atoms with Crippen molar-refractivity contribution >= 4 is 11.7 Å². The molecule has 2 heterocycles. The number of carbonyl (C=O) groups is 1. The summed E-state index contributed by atoms with van der Waals surface area (Å²) in [7, 11) is 1.68. The second-order valence-electron chi connectivity index (χ2n) is 4.55. The number of carbonyl (C=O) groups excluding carboxylic acids is 1. The van der Waals surface area contributed by atoms with Crippen molar-refractivity contribution in [1.29, 1.82) is 0 Å². The molecule has 2 rings (SSSR count). The highest BCUT2D eigenvalue weighted by Gasteiger charge is 2.25. The second-order valence-corrected chi connectivity index (χ2v) is 4.55. The third-order valence-electron chi connectivity index (χ3n) is 3.28. The molecule has 104 valence electrons. The zero-order chi connectivity index (χ0) is 13.7. The molecule has 1 amide bonds. The molecule has 0 aromatic carbocycles. The van der Waals surface area contributed by atoms with E-state index in [1.54, 1.807) is 7.05 Å². The van der Waals surface area contributed by atoms with Crippen LogP contribution in [0.1, 0.15) is 19.8 Å². The van der Waals surface area contributed by atoms with Gasteiger partial charge in [0.15, 0.2) is 0 Å². The first-order valence-corrected chi connectivity index (χ1v) is 6.66. The Kier molecular flexibility index (Phi) is 4.54. The highest BCUT2D eigenvalue weighted by molar-refractivity contribution is 5.79. The first-order chi connectivity index (χ1) is 9.24. The number of nitrogens with zero attached hydrogens (tertiary/aromatic N) is 3. The van der Waals surface area contributed by atoms with E-state index in [-0.39, 0.29) is 11.8 Å². The fourth-order valence-corrected chi connectivity index (χ4v) is 2.33. The van der Waals surface area contributed by atoms with E-state index in [1.807, 2.05) is 13.0 Å². The van der Waals surface area contributed by atoms with E-state index in [2.05, 4.69) is 20.2 Å². The van der Waals surface area contributed by atoms with Crippen molar-refractivity contribution < 1.29 is 9.53 Å². The van der Waals surface area contributed by atoms with Crippen LogP contribution in [0, 0.1) is 5.92 Å². The molecule has 0 aliphatic carbocycles. The Bertz CT molecular complexity index is 438. The van der Waals surface area contributed by atoms with Crippen molar-refractivity contribution in [2.75, 3.05) is 31.6 Å². The Morgan fingerprint density at radius 1 is 1.58 bits per heavy atom. The molecular formula is C13H20N4O2. The lowest BCUT2D eigenvalue weighted by Gasteiger charge is -2.32. The van der Waals surface area contributed by atoms with Crippen LogP contribution in [0.2, 0.25) is 0 Å². The summed E-state index contributed by atoms with van der Waals surface area (Å²) in [5.74, 6) is 1.54. The van der Waals surface area contributed by atoms with Gasteiger partial charge in [0.2, 0.25) is 11.8 Å². The lowest BCUT2D eigenvalue weighted by molar-refractivity contribution is -0.124. The van der Waals surface area contributed by atoms with Crippen molar-refractivity contribution in [1.82, 2.24) is 15.3 Å². The average Bonchev–Trinajstić information content (AvgIpc) is 2.47. The predicted molar refractivity (Wildman–Crippen MR) is 72.2 cm³/mol. The van der Waals surface area contributed by atoms with Crippen molar-refractivity contribution in [2.24, 2.45) is 5.92 Å². The van der Waals surface area contributed by atoms with Crippen LogP contribution in [0.5, 0.6) is 5.88 Å². The molecule has 19 heavy (non-hydrogen) atoms. The number of hydrogen-bond donors (Lipinski definition) is 1. The predicted octanol–water partition coefficient (Wildman–Crippen LogP) is 0.838. The lowest BCUT2D eigenvalue weighted by Crippen LogP contribution is -2.42. The van der Waals surface area contributed by atoms with E-state index in [9.17, 15) is 4.79 Å². The first-order valence-electron chi connectivity index (χ1n) is 6.66. The van der Waals surface area contributed by atoms with Gasteiger partial charge in [-0.15, -0.1) is 0 Å². The van der Waals surface area contributed by atoms with Gasteiger partial charge in [-0.25, -0.2) is 9.97 Å². The van der Waals surface area contributed by atoms with Gasteiger partial charge in [0.1, 0.15) is 12.1 Å². The van der Waals surface area contributed by atoms with E-state index >= 15 is 0 Å². The monoisotopic (exact) mass is 264 g/mol. The molecular weight excluding hydrogens is 244 g/mol. The smallest absolute Gasteiger partial charge is 0.224 e. The molecule has 6 heteroatoms. The fourth-order valence-electron chi connectivity index (χ4n) is 2.33. The quantitative estimate of drug-likeness (QED) is 0.872. The zero-order valence-electron chi connectivity index (χ0n) is 11.4. The summed E-state index contributed by atoms with van der Waals surface area (Å²) in [5.41, 5.74) is 0. The minimum atomic E-state index is 0.0317. The Morgan fingerprint density at radius 3 is 3.16 bits per heavy atom. The molecule has 0 spiro atoms. The second kappa shape index (κ2) is 6.36. The van der Waals surface area contributed by atoms with Crippen molar-refractivity contribution in [3.63, 3.8) is 0 Å². The van der Waals surface area contributed by atoms with E-state index in [1.165, 1.54) is 6.33 Å². The number of hydrogen-bond acceptors (Lipinski definition) is 5. The van der Waals surface area contributed by atoms with Gasteiger partial charge < -0.3 is 15.0 Å². The summed E-state index contributed by atoms with van der Waals surface area (Å²) in [5, 5.41) is 2.72. The molecule has 0 radical (unpaired) electrons. The maximum Gasteiger partial charge on any atom is 0.224 e. The van der Waals surface area contributed by atoms with Crippen LogP contribution in [-0.4, -0.2) is 42.6 Å². The van der Waals surface area contributed by atoms with Crippen LogP contribution < -0.4 is 15.0 Å². The SMILES string of the molecule is CCOc1cc(N2CCCC(C(=O)NC)C2)ncn1. The van der Waals surface area contributed by atoms with Crippen LogP contribution in [0.3, 0.4) is 0 Å². The van der Waals surface area contributed by atoms with Gasteiger partial charge in [-0.2, -0.15) is 0 Å². The molecule has 1 aliphatic heterocycles. The number of aromatic nitrogens is 2. The van der Waals surface area contributed by atoms with E-state index in [0.717, 1.165) is 25.2 Å². The Labute approximate surface area is 113 Å². The van der Waals surface area contributed by atoms with Crippen molar-refractivity contribution in [2.45, 2.75) is 19.8 Å². The topological polar surface area (TPSA) is 67.3 Å². The molecule has 1 aromatic rings. The van der Waals surface area contributed by atoms with Crippen LogP contribution >= 0.6 is 0 Å². The summed E-state index contributed by atoms with van der Waals surface area (Å²) in [6.45, 7) is 4.11. The molecule has 1 saturated heterocycles. The minimum absolute atomic E-state index is 0.0317. The van der Waals surface area contributed by atoms with E-state index < -0.39 is 0 Å². The van der Waals surface area contributed by atoms with Gasteiger partial charge in [-0.05, 0) is 19.8 Å². The maximum atomic E-state index is 11.7. The third-order valence-corrected chi connectivity index (χ3v) is 3.28. The number of rotatable bonds is 4. The number of nitrogens with one attached hydrogen (secondary N) is 1. The molecule has 1 fully saturated rings. The Hall–Kier alpha value is -1.85. The highest BCUT2D eigenvalue weighted by Crippen LogP contribution is 2.23. The normalized spacial score (nSPS) is 19.1. The maximum absolute atomic E-state index is 11.7. The minimum Gasteiger partial charge on any atom is -0.478 e. The van der Waals surface area contributed by atoms with Crippen LogP contribution in [0.15, 0.2) is 12.4 Å². The number of ether oxygens (including phenoxy) is 1. The third kappa shape index (κ3) is 3.33. The molecule has 1 N–H and O–H groups in total.